The molecule has 0 amide bonds. The second kappa shape index (κ2) is 6.60. The zero-order valence-electron chi connectivity index (χ0n) is 13.7. The van der Waals surface area contributed by atoms with Crippen molar-refractivity contribution in [2.75, 3.05) is 5.75 Å². The van der Waals surface area contributed by atoms with Crippen LogP contribution in [-0.4, -0.2) is 35.5 Å². The highest BCUT2D eigenvalue weighted by Crippen LogP contribution is 2.23. The molecule has 3 aromatic rings. The van der Waals surface area contributed by atoms with E-state index < -0.39 is 17.2 Å². The fourth-order valence-electron chi connectivity index (χ4n) is 2.61. The maximum atomic E-state index is 12.4. The Morgan fingerprint density at radius 1 is 1.16 bits per heavy atom. The highest BCUT2D eigenvalue weighted by Gasteiger charge is 2.20. The summed E-state index contributed by atoms with van der Waals surface area (Å²) in [7, 11) is 2.96. The monoisotopic (exact) mass is 360 g/mol. The Kier molecular flexibility index (Phi) is 4.49. The molecule has 1 N–H and O–H groups in total. The van der Waals surface area contributed by atoms with Gasteiger partial charge in [-0.3, -0.25) is 18.7 Å². The van der Waals surface area contributed by atoms with Gasteiger partial charge in [0.2, 0.25) is 0 Å². The van der Waals surface area contributed by atoms with Crippen LogP contribution in [0.1, 0.15) is 5.56 Å². The Hall–Kier alpha value is -2.81. The number of thioether (sulfide) groups is 1. The van der Waals surface area contributed by atoms with Crippen molar-refractivity contribution in [2.24, 2.45) is 14.1 Å². The maximum absolute atomic E-state index is 12.4. The van der Waals surface area contributed by atoms with Crippen LogP contribution >= 0.6 is 11.8 Å². The van der Waals surface area contributed by atoms with Crippen LogP contribution in [0.3, 0.4) is 0 Å². The number of aromatic nitrogens is 4. The van der Waals surface area contributed by atoms with Gasteiger partial charge in [0, 0.05) is 14.1 Å². The Labute approximate surface area is 146 Å². The van der Waals surface area contributed by atoms with Crippen molar-refractivity contribution in [2.45, 2.75) is 11.7 Å². The number of rotatable bonds is 5. The number of imidazole rings is 1. The van der Waals surface area contributed by atoms with E-state index in [0.29, 0.717) is 17.3 Å². The normalized spacial score (nSPS) is 11.1. The molecule has 0 fully saturated rings. The van der Waals surface area contributed by atoms with E-state index in [0.717, 1.165) is 21.9 Å². The molecule has 2 heterocycles. The smallest absolute Gasteiger partial charge is 0.332 e. The first-order valence-corrected chi connectivity index (χ1v) is 8.43. The molecule has 9 heteroatoms. The Morgan fingerprint density at radius 3 is 2.48 bits per heavy atom. The molecule has 0 atom stereocenters. The summed E-state index contributed by atoms with van der Waals surface area (Å²) in [6.45, 7) is 0.375. The summed E-state index contributed by atoms with van der Waals surface area (Å²) < 4.78 is 4.06. The van der Waals surface area contributed by atoms with Gasteiger partial charge in [-0.15, -0.1) is 0 Å². The van der Waals surface area contributed by atoms with E-state index in [1.807, 2.05) is 30.3 Å². The molecular formula is C16H16N4O4S. The fourth-order valence-corrected chi connectivity index (χ4v) is 3.33. The highest BCUT2D eigenvalue weighted by molar-refractivity contribution is 7.99. The molecule has 130 valence electrons. The highest BCUT2D eigenvalue weighted by atomic mass is 32.2. The van der Waals surface area contributed by atoms with Crippen LogP contribution < -0.4 is 11.2 Å². The summed E-state index contributed by atoms with van der Waals surface area (Å²) in [4.78, 5) is 39.9. The molecule has 8 nitrogen and oxygen atoms in total. The first-order valence-electron chi connectivity index (χ1n) is 7.45. The lowest BCUT2D eigenvalue weighted by atomic mass is 10.2. The average Bonchev–Trinajstić information content (AvgIpc) is 2.95. The van der Waals surface area contributed by atoms with Crippen LogP contribution in [0.5, 0.6) is 0 Å². The third-order valence-corrected chi connectivity index (χ3v) is 4.77. The third-order valence-electron chi connectivity index (χ3n) is 3.81. The van der Waals surface area contributed by atoms with Gasteiger partial charge in [-0.25, -0.2) is 9.78 Å². The summed E-state index contributed by atoms with van der Waals surface area (Å²) in [5, 5.41) is 9.34. The van der Waals surface area contributed by atoms with Crippen LogP contribution in [0, 0.1) is 0 Å². The van der Waals surface area contributed by atoms with Gasteiger partial charge in [-0.2, -0.15) is 0 Å². The van der Waals surface area contributed by atoms with E-state index in [1.54, 1.807) is 11.6 Å². The van der Waals surface area contributed by atoms with E-state index >= 15 is 0 Å². The van der Waals surface area contributed by atoms with Gasteiger partial charge in [0.1, 0.15) is 0 Å². The first-order chi connectivity index (χ1) is 11.9. The predicted molar refractivity (Wildman–Crippen MR) is 94.1 cm³/mol. The van der Waals surface area contributed by atoms with Gasteiger partial charge >= 0.3 is 11.7 Å². The van der Waals surface area contributed by atoms with Crippen molar-refractivity contribution >= 4 is 28.9 Å². The van der Waals surface area contributed by atoms with Gasteiger partial charge in [0.05, 0.1) is 12.3 Å². The van der Waals surface area contributed by atoms with Gasteiger partial charge in [0.15, 0.2) is 16.3 Å². The van der Waals surface area contributed by atoms with Gasteiger partial charge in [-0.05, 0) is 5.56 Å². The lowest BCUT2D eigenvalue weighted by molar-refractivity contribution is -0.133. The Bertz CT molecular complexity index is 1070. The zero-order valence-corrected chi connectivity index (χ0v) is 14.5. The average molecular weight is 360 g/mol. The number of fused-ring (bicyclic) bond motifs is 1. The van der Waals surface area contributed by atoms with E-state index in [4.69, 9.17) is 5.11 Å². The van der Waals surface area contributed by atoms with Crippen molar-refractivity contribution in [1.29, 1.82) is 0 Å². The van der Waals surface area contributed by atoms with Crippen LogP contribution in [0.2, 0.25) is 0 Å². The Balaban J connectivity index is 2.26. The Morgan fingerprint density at radius 2 is 1.84 bits per heavy atom. The van der Waals surface area contributed by atoms with Crippen molar-refractivity contribution in [1.82, 2.24) is 18.7 Å². The second-order valence-corrected chi connectivity index (χ2v) is 6.47. The minimum Gasteiger partial charge on any atom is -0.481 e. The lowest BCUT2D eigenvalue weighted by Crippen LogP contribution is -2.37. The number of hydrogen-bond acceptors (Lipinski definition) is 5. The summed E-state index contributed by atoms with van der Waals surface area (Å²) in [6, 6.07) is 9.49. The largest absolute Gasteiger partial charge is 0.481 e. The molecule has 0 radical (unpaired) electrons. The van der Waals surface area contributed by atoms with Gasteiger partial charge in [0.25, 0.3) is 5.56 Å². The van der Waals surface area contributed by atoms with E-state index in [9.17, 15) is 14.4 Å². The molecule has 0 bridgehead atoms. The number of hydrogen-bond donors (Lipinski definition) is 1. The number of benzene rings is 1. The molecule has 25 heavy (non-hydrogen) atoms. The molecule has 3 rings (SSSR count). The summed E-state index contributed by atoms with van der Waals surface area (Å²) >= 11 is 1.02. The van der Waals surface area contributed by atoms with Crippen molar-refractivity contribution in [3.05, 3.63) is 56.7 Å². The molecular weight excluding hydrogens is 344 g/mol. The van der Waals surface area contributed by atoms with Crippen LogP contribution in [0.25, 0.3) is 11.2 Å². The van der Waals surface area contributed by atoms with Crippen molar-refractivity contribution in [3.63, 3.8) is 0 Å². The SMILES string of the molecule is Cn1c(=O)c2nc(SCC(=O)O)n(Cc3ccccc3)c2n(C)c1=O. The summed E-state index contributed by atoms with van der Waals surface area (Å²) in [5.41, 5.74) is 0.522. The maximum Gasteiger partial charge on any atom is 0.332 e. The number of carboxylic acids is 1. The van der Waals surface area contributed by atoms with Gasteiger partial charge in [-0.1, -0.05) is 42.1 Å². The summed E-state index contributed by atoms with van der Waals surface area (Å²) in [6.07, 6.45) is 0. The predicted octanol–water partition coefficient (Wildman–Crippen LogP) is 0.659. The molecule has 0 aliphatic heterocycles. The molecule has 0 unspecified atom stereocenters. The molecule has 2 aromatic heterocycles. The van der Waals surface area contributed by atoms with Crippen LogP contribution in [0.4, 0.5) is 0 Å². The standard InChI is InChI=1S/C16H16N4O4S/c1-18-13-12(14(23)19(2)16(18)24)17-15(25-9-11(21)22)20(13)8-10-6-4-3-5-7-10/h3-7H,8-9H2,1-2H3,(H,21,22). The topological polar surface area (TPSA) is 99.1 Å². The molecule has 0 aliphatic carbocycles. The van der Waals surface area contributed by atoms with Crippen LogP contribution in [-0.2, 0) is 25.4 Å². The number of aryl methyl sites for hydroxylation is 1. The van der Waals surface area contributed by atoms with E-state index in [1.165, 1.54) is 11.6 Å². The number of carboxylic acid groups (broad SMARTS) is 1. The fraction of sp³-hybridized carbons (Fsp3) is 0.250. The lowest BCUT2D eigenvalue weighted by Gasteiger charge is -2.11. The quantitative estimate of drug-likeness (QED) is 0.671. The molecule has 0 spiro atoms. The minimum absolute atomic E-state index is 0.147. The van der Waals surface area contributed by atoms with E-state index in [-0.39, 0.29) is 11.3 Å². The molecule has 0 saturated heterocycles. The molecule has 0 saturated carbocycles. The zero-order chi connectivity index (χ0) is 18.1. The van der Waals surface area contributed by atoms with Crippen LogP contribution in [0.15, 0.2) is 45.1 Å². The summed E-state index contributed by atoms with van der Waals surface area (Å²) in [5.74, 6) is -1.17. The number of carbonyl (C=O) groups is 1. The second-order valence-electron chi connectivity index (χ2n) is 5.53. The molecule has 0 aliphatic rings. The minimum atomic E-state index is -0.981. The molecule has 1 aromatic carbocycles. The van der Waals surface area contributed by atoms with Gasteiger partial charge < -0.3 is 9.67 Å². The van der Waals surface area contributed by atoms with E-state index in [2.05, 4.69) is 4.98 Å². The van der Waals surface area contributed by atoms with Crippen molar-refractivity contribution in [3.8, 4) is 0 Å². The van der Waals surface area contributed by atoms with Crippen molar-refractivity contribution < 1.29 is 9.90 Å². The third kappa shape index (κ3) is 3.10. The number of nitrogens with zero attached hydrogens (tertiary/aromatic N) is 4. The number of aliphatic carboxylic acids is 1. The first kappa shape index (κ1) is 17.0.